The molecular formula is C15H20BrNO2. The molecule has 3 nitrogen and oxygen atoms in total. The van der Waals surface area contributed by atoms with Gasteiger partial charge < -0.3 is 10.1 Å². The predicted octanol–water partition coefficient (Wildman–Crippen LogP) is 2.72. The molecule has 1 saturated heterocycles. The smallest absolute Gasteiger partial charge is 0.139 e. The van der Waals surface area contributed by atoms with Crippen LogP contribution in [0.3, 0.4) is 0 Å². The van der Waals surface area contributed by atoms with Crippen molar-refractivity contribution in [2.24, 2.45) is 0 Å². The number of rotatable bonds is 6. The predicted molar refractivity (Wildman–Crippen MR) is 79.3 cm³/mol. The number of hydrogen-bond donors (Lipinski definition) is 1. The van der Waals surface area contributed by atoms with E-state index < -0.39 is 0 Å². The van der Waals surface area contributed by atoms with Crippen LogP contribution in [0.1, 0.15) is 24.8 Å². The molecule has 0 saturated carbocycles. The molecule has 0 atom stereocenters. The van der Waals surface area contributed by atoms with Crippen molar-refractivity contribution in [1.82, 2.24) is 5.32 Å². The second-order valence-corrected chi connectivity index (χ2v) is 5.83. The SMILES string of the molecule is O=C(CCOC1CCNCC1)Cc1ccc(Br)cc1. The topological polar surface area (TPSA) is 38.3 Å². The van der Waals surface area contributed by atoms with Gasteiger partial charge in [0.25, 0.3) is 0 Å². The van der Waals surface area contributed by atoms with Gasteiger partial charge in [-0.3, -0.25) is 4.79 Å². The highest BCUT2D eigenvalue weighted by Gasteiger charge is 2.13. The fourth-order valence-corrected chi connectivity index (χ4v) is 2.48. The third-order valence-corrected chi connectivity index (χ3v) is 3.86. The Labute approximate surface area is 122 Å². The summed E-state index contributed by atoms with van der Waals surface area (Å²) in [6.07, 6.45) is 3.46. The molecule has 2 rings (SSSR count). The van der Waals surface area contributed by atoms with Crippen LogP contribution in [0, 0.1) is 0 Å². The fourth-order valence-electron chi connectivity index (χ4n) is 2.22. The molecule has 0 aromatic heterocycles. The number of benzene rings is 1. The summed E-state index contributed by atoms with van der Waals surface area (Å²) in [7, 11) is 0. The molecule has 0 aliphatic carbocycles. The van der Waals surface area contributed by atoms with Gasteiger partial charge >= 0.3 is 0 Å². The average Bonchev–Trinajstić information content (AvgIpc) is 2.43. The van der Waals surface area contributed by atoms with E-state index in [0.717, 1.165) is 36.0 Å². The van der Waals surface area contributed by atoms with Crippen LogP contribution < -0.4 is 5.32 Å². The van der Waals surface area contributed by atoms with Gasteiger partial charge in [0.15, 0.2) is 0 Å². The lowest BCUT2D eigenvalue weighted by Crippen LogP contribution is -2.32. The molecule has 0 radical (unpaired) electrons. The summed E-state index contributed by atoms with van der Waals surface area (Å²) in [5.41, 5.74) is 1.06. The van der Waals surface area contributed by atoms with E-state index in [0.29, 0.717) is 25.6 Å². The van der Waals surface area contributed by atoms with E-state index in [4.69, 9.17) is 4.74 Å². The number of carbonyl (C=O) groups excluding carboxylic acids is 1. The summed E-state index contributed by atoms with van der Waals surface area (Å²) in [5, 5.41) is 3.30. The Kier molecular flexibility index (Phi) is 6.01. The van der Waals surface area contributed by atoms with Gasteiger partial charge in [-0.1, -0.05) is 28.1 Å². The summed E-state index contributed by atoms with van der Waals surface area (Å²) in [4.78, 5) is 11.8. The van der Waals surface area contributed by atoms with Crippen molar-refractivity contribution in [2.45, 2.75) is 31.8 Å². The van der Waals surface area contributed by atoms with Crippen LogP contribution in [0.5, 0.6) is 0 Å². The third-order valence-electron chi connectivity index (χ3n) is 3.34. The Bertz CT molecular complexity index is 399. The van der Waals surface area contributed by atoms with Crippen LogP contribution in [-0.2, 0) is 16.0 Å². The number of ketones is 1. The van der Waals surface area contributed by atoms with Crippen LogP contribution >= 0.6 is 15.9 Å². The largest absolute Gasteiger partial charge is 0.378 e. The van der Waals surface area contributed by atoms with Crippen LogP contribution in [0.2, 0.25) is 0 Å². The first-order chi connectivity index (χ1) is 9.24. The first-order valence-corrected chi connectivity index (χ1v) is 7.62. The fraction of sp³-hybridized carbons (Fsp3) is 0.533. The number of nitrogens with one attached hydrogen (secondary N) is 1. The summed E-state index contributed by atoms with van der Waals surface area (Å²) < 4.78 is 6.78. The monoisotopic (exact) mass is 325 g/mol. The number of carbonyl (C=O) groups is 1. The highest BCUT2D eigenvalue weighted by atomic mass is 79.9. The first-order valence-electron chi connectivity index (χ1n) is 6.82. The lowest BCUT2D eigenvalue weighted by Gasteiger charge is -2.22. The number of Topliss-reactive ketones (excluding diaryl/α,β-unsaturated/α-hetero) is 1. The minimum atomic E-state index is 0.247. The van der Waals surface area contributed by atoms with Gasteiger partial charge in [0, 0.05) is 17.3 Å². The zero-order chi connectivity index (χ0) is 13.5. The van der Waals surface area contributed by atoms with E-state index in [9.17, 15) is 4.79 Å². The van der Waals surface area contributed by atoms with Gasteiger partial charge in [-0.25, -0.2) is 0 Å². The minimum Gasteiger partial charge on any atom is -0.378 e. The number of hydrogen-bond acceptors (Lipinski definition) is 3. The van der Waals surface area contributed by atoms with Crippen LogP contribution in [0.4, 0.5) is 0 Å². The number of piperidine rings is 1. The molecule has 0 unspecified atom stereocenters. The third kappa shape index (κ3) is 5.43. The maximum atomic E-state index is 11.8. The molecule has 104 valence electrons. The summed E-state index contributed by atoms with van der Waals surface area (Å²) >= 11 is 3.39. The second-order valence-electron chi connectivity index (χ2n) is 4.91. The van der Waals surface area contributed by atoms with Gasteiger partial charge in [-0.15, -0.1) is 0 Å². The van der Waals surface area contributed by atoms with Crippen molar-refractivity contribution in [3.8, 4) is 0 Å². The Morgan fingerprint density at radius 1 is 1.26 bits per heavy atom. The van der Waals surface area contributed by atoms with Crippen LogP contribution in [-0.4, -0.2) is 31.6 Å². The van der Waals surface area contributed by atoms with Gasteiger partial charge in [0.1, 0.15) is 5.78 Å². The lowest BCUT2D eigenvalue weighted by molar-refractivity contribution is -0.120. The van der Waals surface area contributed by atoms with Crippen LogP contribution in [0.25, 0.3) is 0 Å². The normalized spacial score (nSPS) is 16.5. The quantitative estimate of drug-likeness (QED) is 0.874. The number of ether oxygens (including phenoxy) is 1. The zero-order valence-electron chi connectivity index (χ0n) is 11.0. The molecule has 0 bridgehead atoms. The molecule has 1 aromatic carbocycles. The molecule has 0 spiro atoms. The van der Waals surface area contributed by atoms with Gasteiger partial charge in [0.05, 0.1) is 12.7 Å². The van der Waals surface area contributed by atoms with E-state index in [2.05, 4.69) is 21.2 Å². The Balaban J connectivity index is 1.65. The van der Waals surface area contributed by atoms with Gasteiger partial charge in [-0.05, 0) is 43.6 Å². The summed E-state index contributed by atoms with van der Waals surface area (Å²) in [6.45, 7) is 2.61. The van der Waals surface area contributed by atoms with Crippen molar-refractivity contribution in [3.05, 3.63) is 34.3 Å². The van der Waals surface area contributed by atoms with E-state index in [1.54, 1.807) is 0 Å². The van der Waals surface area contributed by atoms with Crippen molar-refractivity contribution in [3.63, 3.8) is 0 Å². The molecule has 1 aliphatic heterocycles. The van der Waals surface area contributed by atoms with Crippen molar-refractivity contribution < 1.29 is 9.53 Å². The molecular weight excluding hydrogens is 306 g/mol. The maximum Gasteiger partial charge on any atom is 0.139 e. The first kappa shape index (κ1) is 14.7. The van der Waals surface area contributed by atoms with Gasteiger partial charge in [-0.2, -0.15) is 0 Å². The van der Waals surface area contributed by atoms with Gasteiger partial charge in [0.2, 0.25) is 0 Å². The minimum absolute atomic E-state index is 0.247. The zero-order valence-corrected chi connectivity index (χ0v) is 12.6. The van der Waals surface area contributed by atoms with Crippen molar-refractivity contribution >= 4 is 21.7 Å². The highest BCUT2D eigenvalue weighted by molar-refractivity contribution is 9.10. The standard InChI is InChI=1S/C15H20BrNO2/c16-13-3-1-12(2-4-13)11-14(18)7-10-19-15-5-8-17-9-6-15/h1-4,15,17H,5-11H2. The summed E-state index contributed by atoms with van der Waals surface area (Å²) in [5.74, 6) is 0.247. The van der Waals surface area contributed by atoms with E-state index in [-0.39, 0.29) is 5.78 Å². The average molecular weight is 326 g/mol. The molecule has 1 N–H and O–H groups in total. The lowest BCUT2D eigenvalue weighted by atomic mass is 10.1. The molecule has 19 heavy (non-hydrogen) atoms. The van der Waals surface area contributed by atoms with Crippen molar-refractivity contribution in [2.75, 3.05) is 19.7 Å². The van der Waals surface area contributed by atoms with E-state index in [1.165, 1.54) is 0 Å². The maximum absolute atomic E-state index is 11.8. The summed E-state index contributed by atoms with van der Waals surface area (Å²) in [6, 6.07) is 7.90. The van der Waals surface area contributed by atoms with E-state index in [1.807, 2.05) is 24.3 Å². The molecule has 1 aromatic rings. The van der Waals surface area contributed by atoms with Crippen molar-refractivity contribution in [1.29, 1.82) is 0 Å². The molecule has 1 fully saturated rings. The Morgan fingerprint density at radius 3 is 2.63 bits per heavy atom. The molecule has 0 amide bonds. The Morgan fingerprint density at radius 2 is 1.95 bits per heavy atom. The molecule has 1 heterocycles. The second kappa shape index (κ2) is 7.78. The van der Waals surface area contributed by atoms with Crippen LogP contribution in [0.15, 0.2) is 28.7 Å². The Hall–Kier alpha value is -0.710. The number of halogens is 1. The molecule has 1 aliphatic rings. The highest BCUT2D eigenvalue weighted by Crippen LogP contribution is 2.12. The molecule has 4 heteroatoms. The van der Waals surface area contributed by atoms with E-state index >= 15 is 0 Å².